The second-order valence-electron chi connectivity index (χ2n) is 6.70. The Balaban J connectivity index is 1.66. The molecule has 3 heterocycles. The summed E-state index contributed by atoms with van der Waals surface area (Å²) < 4.78 is 7.59. The summed E-state index contributed by atoms with van der Waals surface area (Å²) in [5, 5.41) is 4.34. The first-order chi connectivity index (χ1) is 13.0. The second kappa shape index (κ2) is 6.99. The Labute approximate surface area is 155 Å². The number of benzene rings is 1. The molecule has 1 amide bonds. The van der Waals surface area contributed by atoms with Gasteiger partial charge in [-0.25, -0.2) is 4.68 Å². The lowest BCUT2D eigenvalue weighted by atomic mass is 10.2. The number of anilines is 2. The number of ether oxygens (including phenoxy) is 1. The van der Waals surface area contributed by atoms with E-state index < -0.39 is 11.1 Å². The summed E-state index contributed by atoms with van der Waals surface area (Å²) in [5.41, 5.74) is 0.600. The number of nitrogens with zero attached hydrogens (tertiary/aromatic N) is 5. The molecule has 2 aliphatic rings. The van der Waals surface area contributed by atoms with E-state index >= 15 is 0 Å². The van der Waals surface area contributed by atoms with E-state index in [1.54, 1.807) is 4.90 Å². The molecule has 27 heavy (non-hydrogen) atoms. The summed E-state index contributed by atoms with van der Waals surface area (Å²) in [7, 11) is 0. The lowest BCUT2D eigenvalue weighted by Gasteiger charge is -2.27. The van der Waals surface area contributed by atoms with Crippen molar-refractivity contribution in [1.82, 2.24) is 19.2 Å². The summed E-state index contributed by atoms with van der Waals surface area (Å²) in [6.07, 6.45) is 0. The maximum Gasteiger partial charge on any atom is 0.333 e. The lowest BCUT2D eigenvalue weighted by molar-refractivity contribution is -0.136. The quantitative estimate of drug-likeness (QED) is 0.690. The summed E-state index contributed by atoms with van der Waals surface area (Å²) in [4.78, 5) is 40.9. The molecule has 1 aromatic carbocycles. The molecule has 0 bridgehead atoms. The Morgan fingerprint density at radius 1 is 1.04 bits per heavy atom. The first-order valence-corrected chi connectivity index (χ1v) is 8.96. The Hall–Kier alpha value is -2.94. The molecule has 0 aliphatic carbocycles. The molecule has 9 nitrogen and oxygen atoms in total. The van der Waals surface area contributed by atoms with Crippen molar-refractivity contribution < 1.29 is 9.53 Å². The molecule has 2 aliphatic heterocycles. The van der Waals surface area contributed by atoms with Crippen molar-refractivity contribution in [2.75, 3.05) is 37.7 Å². The summed E-state index contributed by atoms with van der Waals surface area (Å²) >= 11 is 0. The van der Waals surface area contributed by atoms with Crippen molar-refractivity contribution in [3.8, 4) is 0 Å². The number of rotatable bonds is 3. The van der Waals surface area contributed by atoms with Crippen LogP contribution < -0.4 is 16.0 Å². The number of aryl methyl sites for hydroxylation is 1. The smallest absolute Gasteiger partial charge is 0.333 e. The molecule has 0 radical (unpaired) electrons. The molecule has 1 saturated heterocycles. The van der Waals surface area contributed by atoms with Gasteiger partial charge in [0, 0.05) is 31.9 Å². The van der Waals surface area contributed by atoms with Crippen LogP contribution in [0.4, 0.5) is 11.6 Å². The SMILES string of the molecule is Cc1ccc(N2CCn3c2nn(CC(=O)N2CCOCC2)c(=O)c3=O)cc1. The average molecular weight is 371 g/mol. The van der Waals surface area contributed by atoms with Crippen LogP contribution in [0.2, 0.25) is 0 Å². The van der Waals surface area contributed by atoms with Crippen molar-refractivity contribution in [1.29, 1.82) is 0 Å². The van der Waals surface area contributed by atoms with Gasteiger partial charge in [-0.2, -0.15) is 0 Å². The van der Waals surface area contributed by atoms with Gasteiger partial charge in [-0.3, -0.25) is 19.0 Å². The van der Waals surface area contributed by atoms with Crippen molar-refractivity contribution in [2.45, 2.75) is 20.0 Å². The second-order valence-corrected chi connectivity index (χ2v) is 6.70. The number of carbonyl (C=O) groups excluding carboxylic acids is 1. The minimum absolute atomic E-state index is 0.239. The Bertz CT molecular complexity index is 973. The fraction of sp³-hybridized carbons (Fsp3) is 0.444. The lowest BCUT2D eigenvalue weighted by Crippen LogP contribution is -2.47. The molecule has 0 saturated carbocycles. The van der Waals surface area contributed by atoms with Crippen LogP contribution in [0.15, 0.2) is 33.9 Å². The van der Waals surface area contributed by atoms with Gasteiger partial charge in [0.05, 0.1) is 13.2 Å². The number of hydrogen-bond donors (Lipinski definition) is 0. The molecular weight excluding hydrogens is 350 g/mol. The van der Waals surface area contributed by atoms with E-state index in [1.165, 1.54) is 4.57 Å². The molecule has 9 heteroatoms. The minimum Gasteiger partial charge on any atom is -0.378 e. The molecule has 0 atom stereocenters. The van der Waals surface area contributed by atoms with Gasteiger partial charge in [-0.05, 0) is 19.1 Å². The molecular formula is C18H21N5O4. The number of amides is 1. The molecule has 0 unspecified atom stereocenters. The Kier molecular flexibility index (Phi) is 4.53. The predicted octanol–water partition coefficient (Wildman–Crippen LogP) is -0.276. The molecule has 0 spiro atoms. The highest BCUT2D eigenvalue weighted by molar-refractivity contribution is 5.76. The summed E-state index contributed by atoms with van der Waals surface area (Å²) in [6, 6.07) is 7.86. The van der Waals surface area contributed by atoms with Gasteiger partial charge in [0.2, 0.25) is 11.9 Å². The van der Waals surface area contributed by atoms with E-state index in [4.69, 9.17) is 4.74 Å². The zero-order valence-corrected chi connectivity index (χ0v) is 15.1. The minimum atomic E-state index is -0.772. The highest BCUT2D eigenvalue weighted by Crippen LogP contribution is 2.26. The summed E-state index contributed by atoms with van der Waals surface area (Å²) in [6.45, 7) is 4.60. The van der Waals surface area contributed by atoms with E-state index in [2.05, 4.69) is 5.10 Å². The molecule has 1 fully saturated rings. The van der Waals surface area contributed by atoms with E-state index in [0.717, 1.165) is 15.9 Å². The average Bonchev–Trinajstić information content (AvgIpc) is 3.11. The number of carbonyl (C=O) groups is 1. The third kappa shape index (κ3) is 3.25. The topological polar surface area (TPSA) is 89.7 Å². The van der Waals surface area contributed by atoms with Crippen LogP contribution in [-0.4, -0.2) is 58.0 Å². The molecule has 1 aromatic heterocycles. The monoisotopic (exact) mass is 371 g/mol. The number of hydrogen-bond acceptors (Lipinski definition) is 6. The fourth-order valence-electron chi connectivity index (χ4n) is 3.34. The fourth-order valence-corrected chi connectivity index (χ4v) is 3.34. The first-order valence-electron chi connectivity index (χ1n) is 8.96. The summed E-state index contributed by atoms with van der Waals surface area (Å²) in [5.74, 6) is 0.148. The highest BCUT2D eigenvalue weighted by Gasteiger charge is 2.27. The standard InChI is InChI=1S/C18H21N5O4/c1-13-2-4-14(5-3-13)21-6-7-22-16(25)17(26)23(19-18(21)22)12-15(24)20-8-10-27-11-9-20/h2-5H,6-12H2,1H3. The maximum absolute atomic E-state index is 12.5. The Morgan fingerprint density at radius 3 is 2.44 bits per heavy atom. The van der Waals surface area contributed by atoms with E-state index in [9.17, 15) is 14.4 Å². The van der Waals surface area contributed by atoms with Crippen LogP contribution in [0, 0.1) is 6.92 Å². The van der Waals surface area contributed by atoms with Crippen LogP contribution in [0.1, 0.15) is 5.56 Å². The van der Waals surface area contributed by atoms with Crippen LogP contribution in [0.5, 0.6) is 0 Å². The highest BCUT2D eigenvalue weighted by atomic mass is 16.5. The van der Waals surface area contributed by atoms with E-state index in [-0.39, 0.29) is 12.5 Å². The van der Waals surface area contributed by atoms with Crippen LogP contribution in [-0.2, 0) is 22.6 Å². The van der Waals surface area contributed by atoms with Crippen molar-refractivity contribution in [3.63, 3.8) is 0 Å². The van der Waals surface area contributed by atoms with Crippen LogP contribution in [0.3, 0.4) is 0 Å². The first kappa shape index (κ1) is 17.5. The van der Waals surface area contributed by atoms with Gasteiger partial charge in [0.25, 0.3) is 0 Å². The zero-order valence-electron chi connectivity index (χ0n) is 15.1. The zero-order chi connectivity index (χ0) is 19.0. The number of aromatic nitrogens is 3. The van der Waals surface area contributed by atoms with Crippen LogP contribution >= 0.6 is 0 Å². The molecule has 142 valence electrons. The third-order valence-corrected chi connectivity index (χ3v) is 4.90. The van der Waals surface area contributed by atoms with Crippen molar-refractivity contribution in [2.24, 2.45) is 0 Å². The Morgan fingerprint density at radius 2 is 1.74 bits per heavy atom. The molecule has 4 rings (SSSR count). The normalized spacial score (nSPS) is 16.5. The van der Waals surface area contributed by atoms with Crippen molar-refractivity contribution in [3.05, 3.63) is 50.5 Å². The molecule has 0 N–H and O–H groups in total. The van der Waals surface area contributed by atoms with E-state index in [0.29, 0.717) is 45.3 Å². The number of morpholine rings is 1. The third-order valence-electron chi connectivity index (χ3n) is 4.90. The van der Waals surface area contributed by atoms with Gasteiger partial charge in [0.15, 0.2) is 0 Å². The van der Waals surface area contributed by atoms with Gasteiger partial charge >= 0.3 is 11.1 Å². The predicted molar refractivity (Wildman–Crippen MR) is 98.3 cm³/mol. The van der Waals surface area contributed by atoms with Gasteiger partial charge in [-0.1, -0.05) is 17.7 Å². The maximum atomic E-state index is 12.5. The van der Waals surface area contributed by atoms with E-state index in [1.807, 2.05) is 36.1 Å². The largest absolute Gasteiger partial charge is 0.378 e. The molecule has 2 aromatic rings. The van der Waals surface area contributed by atoms with Gasteiger partial charge in [0.1, 0.15) is 6.54 Å². The van der Waals surface area contributed by atoms with Crippen LogP contribution in [0.25, 0.3) is 0 Å². The number of fused-ring (bicyclic) bond motifs is 1. The van der Waals surface area contributed by atoms with Crippen molar-refractivity contribution >= 4 is 17.5 Å². The van der Waals surface area contributed by atoms with Gasteiger partial charge in [-0.15, -0.1) is 5.10 Å². The van der Waals surface area contributed by atoms with Gasteiger partial charge < -0.3 is 14.5 Å².